The Morgan fingerprint density at radius 1 is 1.00 bits per heavy atom. The quantitative estimate of drug-likeness (QED) is 0.794. The van der Waals surface area contributed by atoms with Gasteiger partial charge < -0.3 is 4.90 Å². The van der Waals surface area contributed by atoms with Crippen LogP contribution in [0, 0.1) is 0 Å². The van der Waals surface area contributed by atoms with Crippen LogP contribution in [0.5, 0.6) is 0 Å². The van der Waals surface area contributed by atoms with Crippen molar-refractivity contribution in [3.63, 3.8) is 0 Å². The first-order valence-corrected chi connectivity index (χ1v) is 6.44. The van der Waals surface area contributed by atoms with E-state index in [-0.39, 0.29) is 0 Å². The van der Waals surface area contributed by atoms with Crippen LogP contribution in [0.1, 0.15) is 30.4 Å². The van der Waals surface area contributed by atoms with Crippen LogP contribution >= 0.6 is 0 Å². The molecule has 0 bridgehead atoms. The molecule has 100 valence electrons. The van der Waals surface area contributed by atoms with Crippen LogP contribution in [0.3, 0.4) is 0 Å². The summed E-state index contributed by atoms with van der Waals surface area (Å²) in [6, 6.07) is 5.52. The first-order valence-electron chi connectivity index (χ1n) is 6.44. The van der Waals surface area contributed by atoms with E-state index in [2.05, 4.69) is 4.90 Å². The van der Waals surface area contributed by atoms with E-state index in [9.17, 15) is 13.2 Å². The Morgan fingerprint density at radius 3 is 2.17 bits per heavy atom. The van der Waals surface area contributed by atoms with Gasteiger partial charge in [-0.05, 0) is 63.0 Å². The van der Waals surface area contributed by atoms with Gasteiger partial charge in [-0.2, -0.15) is 13.2 Å². The maximum Gasteiger partial charge on any atom is 0.416 e. The molecule has 1 aliphatic rings. The molecule has 0 N–H and O–H groups in total. The van der Waals surface area contributed by atoms with Gasteiger partial charge >= 0.3 is 6.18 Å². The van der Waals surface area contributed by atoms with Crippen LogP contribution in [-0.2, 0) is 12.6 Å². The number of likely N-dealkylation sites (tertiary alicyclic amines) is 1. The molecule has 1 nitrogen and oxygen atoms in total. The minimum Gasteiger partial charge on any atom is -0.303 e. The number of aryl methyl sites for hydroxylation is 1. The summed E-state index contributed by atoms with van der Waals surface area (Å²) in [6.45, 7) is 3.40. The molecule has 1 aromatic rings. The van der Waals surface area contributed by atoms with Gasteiger partial charge in [0.05, 0.1) is 5.56 Å². The molecule has 0 radical (unpaired) electrons. The van der Waals surface area contributed by atoms with Crippen molar-refractivity contribution in [2.45, 2.75) is 31.9 Å². The van der Waals surface area contributed by atoms with E-state index in [1.165, 1.54) is 38.1 Å². The molecule has 18 heavy (non-hydrogen) atoms. The van der Waals surface area contributed by atoms with Crippen molar-refractivity contribution < 1.29 is 13.2 Å². The highest BCUT2D eigenvalue weighted by atomic mass is 19.4. The second-order valence-electron chi connectivity index (χ2n) is 4.85. The van der Waals surface area contributed by atoms with Crippen LogP contribution < -0.4 is 0 Å². The van der Waals surface area contributed by atoms with E-state index in [4.69, 9.17) is 0 Å². The Balaban J connectivity index is 1.79. The minimum atomic E-state index is -4.23. The number of alkyl halides is 3. The van der Waals surface area contributed by atoms with Crippen LogP contribution in [0.25, 0.3) is 0 Å². The van der Waals surface area contributed by atoms with Crippen LogP contribution in [0.4, 0.5) is 13.2 Å². The van der Waals surface area contributed by atoms with Crippen molar-refractivity contribution in [1.29, 1.82) is 0 Å². The zero-order chi connectivity index (χ0) is 13.0. The van der Waals surface area contributed by atoms with Gasteiger partial charge in [-0.1, -0.05) is 12.1 Å². The fourth-order valence-corrected chi connectivity index (χ4v) is 2.37. The molecule has 1 aliphatic heterocycles. The predicted octanol–water partition coefficient (Wildman–Crippen LogP) is 3.73. The van der Waals surface area contributed by atoms with Crippen molar-refractivity contribution in [1.82, 2.24) is 4.90 Å². The zero-order valence-corrected chi connectivity index (χ0v) is 10.3. The molecule has 0 unspecified atom stereocenters. The molecular formula is C14H18F3N. The maximum atomic E-state index is 12.4. The predicted molar refractivity (Wildman–Crippen MR) is 65.4 cm³/mol. The highest BCUT2D eigenvalue weighted by Crippen LogP contribution is 2.29. The number of halogens is 3. The lowest BCUT2D eigenvalue weighted by molar-refractivity contribution is -0.137. The Bertz CT molecular complexity index is 364. The van der Waals surface area contributed by atoms with Crippen LogP contribution in [0.15, 0.2) is 24.3 Å². The monoisotopic (exact) mass is 257 g/mol. The second-order valence-corrected chi connectivity index (χ2v) is 4.85. The van der Waals surface area contributed by atoms with Gasteiger partial charge in [-0.15, -0.1) is 0 Å². The molecule has 1 aromatic carbocycles. The fourth-order valence-electron chi connectivity index (χ4n) is 2.37. The third-order valence-electron chi connectivity index (χ3n) is 3.42. The molecule has 0 spiro atoms. The summed E-state index contributed by atoms with van der Waals surface area (Å²) >= 11 is 0. The third kappa shape index (κ3) is 3.73. The highest BCUT2D eigenvalue weighted by Gasteiger charge is 2.29. The van der Waals surface area contributed by atoms with Gasteiger partial charge in [0.1, 0.15) is 0 Å². The topological polar surface area (TPSA) is 3.24 Å². The number of rotatable bonds is 4. The SMILES string of the molecule is FC(F)(F)c1ccc(CCCN2CCCC2)cc1. The van der Waals surface area contributed by atoms with Gasteiger partial charge in [-0.3, -0.25) is 0 Å². The zero-order valence-electron chi connectivity index (χ0n) is 10.3. The molecule has 0 aliphatic carbocycles. The largest absolute Gasteiger partial charge is 0.416 e. The van der Waals surface area contributed by atoms with E-state index in [0.717, 1.165) is 24.9 Å². The summed E-state index contributed by atoms with van der Waals surface area (Å²) in [4.78, 5) is 2.42. The van der Waals surface area contributed by atoms with Gasteiger partial charge in [0.15, 0.2) is 0 Å². The normalized spacial score (nSPS) is 17.3. The summed E-state index contributed by atoms with van der Waals surface area (Å²) in [6.07, 6.45) is 0.203. The first kappa shape index (κ1) is 13.4. The summed E-state index contributed by atoms with van der Waals surface area (Å²) in [5.74, 6) is 0. The summed E-state index contributed by atoms with van der Waals surface area (Å²) in [5.41, 5.74) is 0.424. The molecule has 4 heteroatoms. The lowest BCUT2D eigenvalue weighted by atomic mass is 10.1. The van der Waals surface area contributed by atoms with Gasteiger partial charge in [-0.25, -0.2) is 0 Å². The minimum absolute atomic E-state index is 0.564. The molecule has 0 amide bonds. The van der Waals surface area contributed by atoms with Crippen LogP contribution in [-0.4, -0.2) is 24.5 Å². The maximum absolute atomic E-state index is 12.4. The van der Waals surface area contributed by atoms with Crippen molar-refractivity contribution >= 4 is 0 Å². The molecular weight excluding hydrogens is 239 g/mol. The summed E-state index contributed by atoms with van der Waals surface area (Å²) in [5, 5.41) is 0. The Kier molecular flexibility index (Phi) is 4.27. The average molecular weight is 257 g/mol. The average Bonchev–Trinajstić information content (AvgIpc) is 2.82. The molecule has 1 heterocycles. The first-order chi connectivity index (χ1) is 8.55. The van der Waals surface area contributed by atoms with Crippen molar-refractivity contribution in [2.75, 3.05) is 19.6 Å². The van der Waals surface area contributed by atoms with Crippen molar-refractivity contribution in [3.05, 3.63) is 35.4 Å². The lowest BCUT2D eigenvalue weighted by Crippen LogP contribution is -2.20. The van der Waals surface area contributed by atoms with E-state index in [1.807, 2.05) is 0 Å². The third-order valence-corrected chi connectivity index (χ3v) is 3.42. The van der Waals surface area contributed by atoms with Crippen molar-refractivity contribution in [3.8, 4) is 0 Å². The van der Waals surface area contributed by atoms with E-state index in [0.29, 0.717) is 0 Å². The Hall–Kier alpha value is -1.03. The van der Waals surface area contributed by atoms with E-state index < -0.39 is 11.7 Å². The summed E-state index contributed by atoms with van der Waals surface area (Å²) < 4.78 is 37.1. The molecule has 2 rings (SSSR count). The lowest BCUT2D eigenvalue weighted by Gasteiger charge is -2.14. The fraction of sp³-hybridized carbons (Fsp3) is 0.571. The van der Waals surface area contributed by atoms with Crippen LogP contribution in [0.2, 0.25) is 0 Å². The smallest absolute Gasteiger partial charge is 0.303 e. The molecule has 1 fully saturated rings. The van der Waals surface area contributed by atoms with E-state index in [1.54, 1.807) is 12.1 Å². The molecule has 0 aromatic heterocycles. The summed E-state index contributed by atoms with van der Waals surface area (Å²) in [7, 11) is 0. The number of nitrogens with zero attached hydrogens (tertiary/aromatic N) is 1. The Morgan fingerprint density at radius 2 is 1.61 bits per heavy atom. The number of benzene rings is 1. The number of hydrogen-bond donors (Lipinski definition) is 0. The number of hydrogen-bond acceptors (Lipinski definition) is 1. The van der Waals surface area contributed by atoms with Gasteiger partial charge in [0.2, 0.25) is 0 Å². The molecule has 0 atom stereocenters. The van der Waals surface area contributed by atoms with E-state index >= 15 is 0 Å². The second kappa shape index (κ2) is 5.74. The Labute approximate surface area is 106 Å². The van der Waals surface area contributed by atoms with Crippen molar-refractivity contribution in [2.24, 2.45) is 0 Å². The van der Waals surface area contributed by atoms with Gasteiger partial charge in [0, 0.05) is 0 Å². The highest BCUT2D eigenvalue weighted by molar-refractivity contribution is 5.24. The van der Waals surface area contributed by atoms with Gasteiger partial charge in [0.25, 0.3) is 0 Å². The molecule has 1 saturated heterocycles. The molecule has 0 saturated carbocycles. The standard InChI is InChI=1S/C14H18F3N/c15-14(16,17)13-7-5-12(6-8-13)4-3-11-18-9-1-2-10-18/h5-8H,1-4,9-11H2.